The van der Waals surface area contributed by atoms with Gasteiger partial charge >= 0.3 is 12.1 Å². The third-order valence-electron chi connectivity index (χ3n) is 3.05. The predicted molar refractivity (Wildman–Crippen MR) is 71.6 cm³/mol. The monoisotopic (exact) mass is 255 g/mol. The summed E-state index contributed by atoms with van der Waals surface area (Å²) >= 11 is 0. The fourth-order valence-corrected chi connectivity index (χ4v) is 1.87. The van der Waals surface area contributed by atoms with Crippen LogP contribution >= 0.6 is 0 Å². The van der Waals surface area contributed by atoms with Gasteiger partial charge < -0.3 is 9.47 Å². The van der Waals surface area contributed by atoms with Crippen molar-refractivity contribution in [2.24, 2.45) is 4.99 Å². The Hall–Kier alpha value is -1.06. The van der Waals surface area contributed by atoms with Gasteiger partial charge in [0.25, 0.3) is 0 Å². The maximum absolute atomic E-state index is 11.0. The quantitative estimate of drug-likeness (QED) is 0.468. The highest BCUT2D eigenvalue weighted by atomic mass is 16.7. The van der Waals surface area contributed by atoms with Crippen molar-refractivity contribution in [2.45, 2.75) is 71.3 Å². The van der Waals surface area contributed by atoms with E-state index in [4.69, 9.17) is 9.47 Å². The first kappa shape index (κ1) is 15.0. The highest BCUT2D eigenvalue weighted by molar-refractivity contribution is 5.93. The lowest BCUT2D eigenvalue weighted by Gasteiger charge is -2.04. The standard InChI is InChI=1S/C14H25NO3/c1-3-4-5-6-7-8-9-10-11-17-14-15-12(2)13(16)18-14/h12H,3-11H2,1-2H3. The van der Waals surface area contributed by atoms with E-state index in [1.54, 1.807) is 6.92 Å². The summed E-state index contributed by atoms with van der Waals surface area (Å²) in [6.45, 7) is 4.53. The molecule has 18 heavy (non-hydrogen) atoms. The van der Waals surface area contributed by atoms with E-state index in [0.29, 0.717) is 6.61 Å². The topological polar surface area (TPSA) is 47.9 Å². The smallest absolute Gasteiger partial charge is 0.392 e. The van der Waals surface area contributed by atoms with E-state index in [9.17, 15) is 4.79 Å². The molecule has 1 aliphatic rings. The molecule has 104 valence electrons. The molecule has 0 aromatic carbocycles. The van der Waals surface area contributed by atoms with Crippen LogP contribution in [0.25, 0.3) is 0 Å². The van der Waals surface area contributed by atoms with Crippen LogP contribution in [0.2, 0.25) is 0 Å². The van der Waals surface area contributed by atoms with Gasteiger partial charge in [0.2, 0.25) is 0 Å². The molecule has 0 saturated carbocycles. The van der Waals surface area contributed by atoms with Crippen molar-refractivity contribution in [3.05, 3.63) is 0 Å². The van der Waals surface area contributed by atoms with Crippen LogP contribution in [0, 0.1) is 0 Å². The summed E-state index contributed by atoms with van der Waals surface area (Å²) in [6.07, 6.45) is 10.2. The molecule has 1 rings (SSSR count). The van der Waals surface area contributed by atoms with Gasteiger partial charge in [-0.1, -0.05) is 51.9 Å². The Morgan fingerprint density at radius 2 is 1.72 bits per heavy atom. The van der Waals surface area contributed by atoms with Gasteiger partial charge in [0.05, 0.1) is 6.61 Å². The number of rotatable bonds is 9. The molecule has 4 nitrogen and oxygen atoms in total. The summed E-state index contributed by atoms with van der Waals surface area (Å²) in [6, 6.07) is -0.404. The van der Waals surface area contributed by atoms with E-state index >= 15 is 0 Å². The van der Waals surface area contributed by atoms with Gasteiger partial charge in [0.1, 0.15) is 0 Å². The molecule has 0 spiro atoms. The minimum Gasteiger partial charge on any atom is -0.450 e. The number of cyclic esters (lactones) is 1. The van der Waals surface area contributed by atoms with Crippen molar-refractivity contribution in [3.63, 3.8) is 0 Å². The molecule has 0 N–H and O–H groups in total. The second-order valence-electron chi connectivity index (χ2n) is 4.82. The van der Waals surface area contributed by atoms with Gasteiger partial charge in [-0.3, -0.25) is 0 Å². The first-order valence-corrected chi connectivity index (χ1v) is 7.16. The average Bonchev–Trinajstić information content (AvgIpc) is 2.67. The number of carbonyl (C=O) groups excluding carboxylic acids is 1. The van der Waals surface area contributed by atoms with Crippen LogP contribution < -0.4 is 0 Å². The number of aliphatic imine (C=N–C) groups is 1. The largest absolute Gasteiger partial charge is 0.450 e. The van der Waals surface area contributed by atoms with Crippen molar-refractivity contribution in [2.75, 3.05) is 6.61 Å². The van der Waals surface area contributed by atoms with Gasteiger partial charge in [-0.05, 0) is 13.3 Å². The lowest BCUT2D eigenvalue weighted by molar-refractivity contribution is -0.135. The van der Waals surface area contributed by atoms with Crippen LogP contribution in [0.4, 0.5) is 0 Å². The number of unbranched alkanes of at least 4 members (excludes halogenated alkanes) is 7. The Bertz CT molecular complexity index is 276. The first-order chi connectivity index (χ1) is 8.74. The van der Waals surface area contributed by atoms with Gasteiger partial charge in [-0.15, -0.1) is 0 Å². The minimum absolute atomic E-state index is 0.149. The number of esters is 1. The van der Waals surface area contributed by atoms with Gasteiger partial charge in [-0.25, -0.2) is 9.79 Å². The second-order valence-corrected chi connectivity index (χ2v) is 4.82. The summed E-state index contributed by atoms with van der Waals surface area (Å²) in [7, 11) is 0. The first-order valence-electron chi connectivity index (χ1n) is 7.16. The molecule has 1 aliphatic heterocycles. The van der Waals surface area contributed by atoms with Gasteiger partial charge in [-0.2, -0.15) is 0 Å². The van der Waals surface area contributed by atoms with Crippen LogP contribution in [-0.4, -0.2) is 24.7 Å². The maximum Gasteiger partial charge on any atom is 0.392 e. The fraction of sp³-hybridized carbons (Fsp3) is 0.857. The lowest BCUT2D eigenvalue weighted by Crippen LogP contribution is -2.12. The predicted octanol–water partition coefficient (Wildman–Crippen LogP) is 3.45. The molecule has 0 amide bonds. The molecule has 1 heterocycles. The third-order valence-corrected chi connectivity index (χ3v) is 3.05. The molecule has 0 radical (unpaired) electrons. The molecule has 0 aromatic heterocycles. The van der Waals surface area contributed by atoms with Crippen molar-refractivity contribution in [3.8, 4) is 0 Å². The number of hydrogen-bond acceptors (Lipinski definition) is 4. The lowest BCUT2D eigenvalue weighted by atomic mass is 10.1. The molecular formula is C14H25NO3. The molecular weight excluding hydrogens is 230 g/mol. The zero-order valence-electron chi connectivity index (χ0n) is 11.6. The Labute approximate surface area is 110 Å². The van der Waals surface area contributed by atoms with Gasteiger partial charge in [0.15, 0.2) is 6.04 Å². The molecule has 4 heteroatoms. The molecule has 0 fully saturated rings. The van der Waals surface area contributed by atoms with Crippen molar-refractivity contribution >= 4 is 12.1 Å². The maximum atomic E-state index is 11.0. The van der Waals surface area contributed by atoms with E-state index in [0.717, 1.165) is 6.42 Å². The van der Waals surface area contributed by atoms with Crippen molar-refractivity contribution < 1.29 is 14.3 Å². The molecule has 0 aliphatic carbocycles. The van der Waals surface area contributed by atoms with Crippen molar-refractivity contribution in [1.29, 1.82) is 0 Å². The summed E-state index contributed by atoms with van der Waals surface area (Å²) in [5, 5.41) is 0. The highest BCUT2D eigenvalue weighted by Crippen LogP contribution is 2.10. The summed E-state index contributed by atoms with van der Waals surface area (Å²) < 4.78 is 10.1. The van der Waals surface area contributed by atoms with E-state index in [1.165, 1.54) is 44.9 Å². The minimum atomic E-state index is -0.404. The average molecular weight is 255 g/mol. The van der Waals surface area contributed by atoms with Crippen molar-refractivity contribution in [1.82, 2.24) is 0 Å². The second kappa shape index (κ2) is 8.95. The Balaban J connectivity index is 1.87. The zero-order valence-corrected chi connectivity index (χ0v) is 11.6. The van der Waals surface area contributed by atoms with Crippen LogP contribution in [0.3, 0.4) is 0 Å². The number of carbonyl (C=O) groups is 1. The Morgan fingerprint density at radius 1 is 1.11 bits per heavy atom. The van der Waals surface area contributed by atoms with Crippen LogP contribution in [-0.2, 0) is 14.3 Å². The van der Waals surface area contributed by atoms with Crippen LogP contribution in [0.1, 0.15) is 65.2 Å². The number of hydrogen-bond donors (Lipinski definition) is 0. The molecule has 1 atom stereocenters. The molecule has 0 saturated heterocycles. The van der Waals surface area contributed by atoms with E-state index < -0.39 is 6.04 Å². The zero-order chi connectivity index (χ0) is 13.2. The fourth-order valence-electron chi connectivity index (χ4n) is 1.87. The van der Waals surface area contributed by atoms with E-state index in [-0.39, 0.29) is 12.1 Å². The number of ether oxygens (including phenoxy) is 2. The summed E-state index contributed by atoms with van der Waals surface area (Å²) in [5.41, 5.74) is 0. The third kappa shape index (κ3) is 6.03. The SMILES string of the molecule is CCCCCCCCCCOC1=NC(C)C(=O)O1. The normalized spacial score (nSPS) is 18.7. The molecule has 0 aromatic rings. The molecule has 0 bridgehead atoms. The highest BCUT2D eigenvalue weighted by Gasteiger charge is 2.25. The van der Waals surface area contributed by atoms with Crippen LogP contribution in [0.15, 0.2) is 4.99 Å². The number of nitrogens with zero attached hydrogens (tertiary/aromatic N) is 1. The Morgan fingerprint density at radius 3 is 2.28 bits per heavy atom. The van der Waals surface area contributed by atoms with Crippen LogP contribution in [0.5, 0.6) is 0 Å². The molecule has 1 unspecified atom stereocenters. The van der Waals surface area contributed by atoms with Gasteiger partial charge in [0, 0.05) is 0 Å². The summed E-state index contributed by atoms with van der Waals surface area (Å²) in [5.74, 6) is -0.319. The van der Waals surface area contributed by atoms with E-state index in [2.05, 4.69) is 11.9 Å². The Kier molecular flexibility index (Phi) is 7.46. The summed E-state index contributed by atoms with van der Waals surface area (Å²) in [4.78, 5) is 15.0. The van der Waals surface area contributed by atoms with E-state index in [1.807, 2.05) is 0 Å².